The minimum absolute atomic E-state index is 0.0236. The van der Waals surface area contributed by atoms with Gasteiger partial charge in [0.2, 0.25) is 10.0 Å². The molecule has 1 fully saturated rings. The number of nitrogens with one attached hydrogen (secondary N) is 1. The van der Waals surface area contributed by atoms with E-state index in [9.17, 15) is 13.5 Å². The number of phenols is 1. The highest BCUT2D eigenvalue weighted by Gasteiger charge is 2.25. The molecule has 1 aliphatic carbocycles. The molecule has 0 aromatic heterocycles. The molecule has 0 spiro atoms. The number of aromatic hydroxyl groups is 1. The molecule has 0 amide bonds. The Labute approximate surface area is 121 Å². The van der Waals surface area contributed by atoms with Crippen LogP contribution in [-0.4, -0.2) is 19.6 Å². The smallest absolute Gasteiger partial charge is 0.240 e. The average Bonchev–Trinajstić information content (AvgIpc) is 2.41. The molecule has 0 radical (unpaired) electrons. The van der Waals surface area contributed by atoms with Gasteiger partial charge in [-0.1, -0.05) is 25.8 Å². The van der Waals surface area contributed by atoms with Gasteiger partial charge in [0.05, 0.1) is 4.90 Å². The summed E-state index contributed by atoms with van der Waals surface area (Å²) >= 11 is 0. The molecule has 4 nitrogen and oxygen atoms in total. The van der Waals surface area contributed by atoms with Crippen LogP contribution < -0.4 is 4.72 Å². The maximum Gasteiger partial charge on any atom is 0.240 e. The molecule has 0 bridgehead atoms. The lowest BCUT2D eigenvalue weighted by Gasteiger charge is -2.28. The van der Waals surface area contributed by atoms with E-state index in [1.165, 1.54) is 31.0 Å². The lowest BCUT2D eigenvalue weighted by atomic mass is 9.84. The summed E-state index contributed by atoms with van der Waals surface area (Å²) in [6.45, 7) is 2.19. The Bertz CT molecular complexity index is 534. The van der Waals surface area contributed by atoms with Crippen molar-refractivity contribution in [1.82, 2.24) is 4.72 Å². The fourth-order valence-electron chi connectivity index (χ4n) is 2.92. The molecule has 1 aromatic carbocycles. The van der Waals surface area contributed by atoms with E-state index in [1.807, 2.05) is 0 Å². The number of phenolic OH excluding ortho intramolecular Hbond substituents is 1. The van der Waals surface area contributed by atoms with Gasteiger partial charge in [-0.05, 0) is 49.8 Å². The Morgan fingerprint density at radius 1 is 1.25 bits per heavy atom. The van der Waals surface area contributed by atoms with Crippen LogP contribution in [0.1, 0.15) is 45.4 Å². The number of hydrogen-bond acceptors (Lipinski definition) is 3. The van der Waals surface area contributed by atoms with Gasteiger partial charge in [0.25, 0.3) is 0 Å². The molecule has 1 aromatic rings. The second kappa shape index (κ2) is 6.59. The van der Waals surface area contributed by atoms with Crippen LogP contribution in [-0.2, 0) is 10.0 Å². The van der Waals surface area contributed by atoms with Crippen molar-refractivity contribution >= 4 is 10.0 Å². The molecule has 0 aliphatic heterocycles. The lowest BCUT2D eigenvalue weighted by molar-refractivity contribution is 0.297. The molecule has 1 saturated carbocycles. The molecule has 2 N–H and O–H groups in total. The van der Waals surface area contributed by atoms with E-state index in [0.29, 0.717) is 0 Å². The molecule has 5 heteroatoms. The first-order valence-electron chi connectivity index (χ1n) is 7.32. The fraction of sp³-hybridized carbons (Fsp3) is 0.600. The van der Waals surface area contributed by atoms with E-state index < -0.39 is 10.0 Å². The van der Waals surface area contributed by atoms with E-state index in [4.69, 9.17) is 0 Å². The van der Waals surface area contributed by atoms with Gasteiger partial charge in [-0.15, -0.1) is 0 Å². The molecule has 0 heterocycles. The Kier molecular flexibility index (Phi) is 5.05. The molecular weight excluding hydrogens is 274 g/mol. The number of benzene rings is 1. The van der Waals surface area contributed by atoms with Crippen LogP contribution in [0.15, 0.2) is 29.2 Å². The Morgan fingerprint density at radius 3 is 2.55 bits per heavy atom. The Hall–Kier alpha value is -1.07. The maximum absolute atomic E-state index is 12.2. The Morgan fingerprint density at radius 2 is 1.95 bits per heavy atom. The highest BCUT2D eigenvalue weighted by atomic mass is 32.2. The first-order valence-corrected chi connectivity index (χ1v) is 8.81. The topological polar surface area (TPSA) is 66.4 Å². The minimum Gasteiger partial charge on any atom is -0.508 e. The quantitative estimate of drug-likeness (QED) is 0.878. The van der Waals surface area contributed by atoms with Crippen molar-refractivity contribution in [2.24, 2.45) is 5.92 Å². The van der Waals surface area contributed by atoms with Crippen molar-refractivity contribution in [1.29, 1.82) is 0 Å². The minimum atomic E-state index is -3.52. The summed E-state index contributed by atoms with van der Waals surface area (Å²) in [6, 6.07) is 5.82. The van der Waals surface area contributed by atoms with Gasteiger partial charge in [-0.3, -0.25) is 0 Å². The monoisotopic (exact) mass is 297 g/mol. The van der Waals surface area contributed by atoms with Crippen LogP contribution in [0.3, 0.4) is 0 Å². The van der Waals surface area contributed by atoms with Crippen molar-refractivity contribution in [2.75, 3.05) is 0 Å². The van der Waals surface area contributed by atoms with Crippen molar-refractivity contribution in [3.05, 3.63) is 24.3 Å². The zero-order chi connectivity index (χ0) is 14.6. The van der Waals surface area contributed by atoms with Crippen LogP contribution in [0, 0.1) is 5.92 Å². The van der Waals surface area contributed by atoms with Gasteiger partial charge >= 0.3 is 0 Å². The summed E-state index contributed by atoms with van der Waals surface area (Å²) in [4.78, 5) is 0.133. The van der Waals surface area contributed by atoms with Gasteiger partial charge in [0, 0.05) is 6.04 Å². The molecule has 2 rings (SSSR count). The maximum atomic E-state index is 12.2. The first-order chi connectivity index (χ1) is 9.51. The summed E-state index contributed by atoms with van der Waals surface area (Å²) in [5.74, 6) is 0.723. The zero-order valence-corrected chi connectivity index (χ0v) is 12.7. The van der Waals surface area contributed by atoms with E-state index in [2.05, 4.69) is 11.6 Å². The molecule has 20 heavy (non-hydrogen) atoms. The van der Waals surface area contributed by atoms with E-state index >= 15 is 0 Å². The molecule has 112 valence electrons. The molecule has 0 unspecified atom stereocenters. The van der Waals surface area contributed by atoms with Crippen LogP contribution >= 0.6 is 0 Å². The summed E-state index contributed by atoms with van der Waals surface area (Å²) in [6.07, 6.45) is 6.45. The van der Waals surface area contributed by atoms with Gasteiger partial charge < -0.3 is 5.11 Å². The largest absolute Gasteiger partial charge is 0.508 e. The fourth-order valence-corrected chi connectivity index (χ4v) is 4.26. The predicted molar refractivity (Wildman–Crippen MR) is 79.1 cm³/mol. The third-order valence-corrected chi connectivity index (χ3v) is 5.51. The van der Waals surface area contributed by atoms with Crippen molar-refractivity contribution in [3.8, 4) is 5.75 Å². The third-order valence-electron chi connectivity index (χ3n) is 3.99. The lowest BCUT2D eigenvalue weighted by Crippen LogP contribution is -2.37. The van der Waals surface area contributed by atoms with Crippen molar-refractivity contribution in [2.45, 2.75) is 56.4 Å². The van der Waals surface area contributed by atoms with Crippen molar-refractivity contribution in [3.63, 3.8) is 0 Å². The van der Waals surface area contributed by atoms with E-state index in [-0.39, 0.29) is 16.7 Å². The highest BCUT2D eigenvalue weighted by molar-refractivity contribution is 7.89. The summed E-state index contributed by atoms with van der Waals surface area (Å²) in [7, 11) is -3.52. The van der Waals surface area contributed by atoms with E-state index in [1.54, 1.807) is 6.07 Å². The highest BCUT2D eigenvalue weighted by Crippen LogP contribution is 2.28. The number of sulfonamides is 1. The summed E-state index contributed by atoms with van der Waals surface area (Å²) in [5.41, 5.74) is 0. The second-order valence-electron chi connectivity index (χ2n) is 5.62. The van der Waals surface area contributed by atoms with Gasteiger partial charge in [0.1, 0.15) is 5.75 Å². The number of hydrogen-bond donors (Lipinski definition) is 2. The third kappa shape index (κ3) is 3.96. The second-order valence-corrected chi connectivity index (χ2v) is 7.34. The molecule has 0 saturated heterocycles. The van der Waals surface area contributed by atoms with Gasteiger partial charge in [0.15, 0.2) is 0 Å². The molecule has 1 aliphatic rings. The van der Waals surface area contributed by atoms with Gasteiger partial charge in [-0.2, -0.15) is 0 Å². The van der Waals surface area contributed by atoms with Crippen LogP contribution in [0.5, 0.6) is 5.75 Å². The Balaban J connectivity index is 1.96. The zero-order valence-electron chi connectivity index (χ0n) is 11.9. The summed E-state index contributed by atoms with van der Waals surface area (Å²) < 4.78 is 27.2. The molecule has 0 atom stereocenters. The average molecular weight is 297 g/mol. The number of rotatable bonds is 5. The van der Waals surface area contributed by atoms with Gasteiger partial charge in [-0.25, -0.2) is 13.1 Å². The van der Waals surface area contributed by atoms with Crippen molar-refractivity contribution < 1.29 is 13.5 Å². The summed E-state index contributed by atoms with van der Waals surface area (Å²) in [5, 5.41) is 9.38. The molecular formula is C15H23NO3S. The SMILES string of the molecule is CCCC1CCC(NS(=O)(=O)c2cccc(O)c2)CC1. The normalized spacial score (nSPS) is 23.6. The van der Waals surface area contributed by atoms with Crippen LogP contribution in [0.2, 0.25) is 0 Å². The van der Waals surface area contributed by atoms with Crippen LogP contribution in [0.4, 0.5) is 0 Å². The standard InChI is InChI=1S/C15H23NO3S/c1-2-4-12-7-9-13(10-8-12)16-20(18,19)15-6-3-5-14(17)11-15/h3,5-6,11-13,16-17H,2,4,7-10H2,1H3. The van der Waals surface area contributed by atoms with Crippen LogP contribution in [0.25, 0.3) is 0 Å². The van der Waals surface area contributed by atoms with E-state index in [0.717, 1.165) is 31.6 Å². The first kappa shape index (κ1) is 15.3. The predicted octanol–water partition coefficient (Wildman–Crippen LogP) is 3.03.